The minimum absolute atomic E-state index is 0.0568. The van der Waals surface area contributed by atoms with E-state index in [-0.39, 0.29) is 23.2 Å². The van der Waals surface area contributed by atoms with Crippen LogP contribution in [-0.2, 0) is 6.54 Å². The van der Waals surface area contributed by atoms with Gasteiger partial charge in [0.05, 0.1) is 31.3 Å². The first kappa shape index (κ1) is 20.3. The largest absolute Gasteiger partial charge is 0.493 e. The lowest BCUT2D eigenvalue weighted by atomic mass is 10.2. The number of benzene rings is 2. The van der Waals surface area contributed by atoms with Crippen molar-refractivity contribution < 1.29 is 18.7 Å². The number of carbonyl (C=O) groups excluding carboxylic acids is 1. The average Bonchev–Trinajstić information content (AvgIpc) is 2.77. The van der Waals surface area contributed by atoms with Crippen LogP contribution in [-0.4, -0.2) is 25.2 Å². The van der Waals surface area contributed by atoms with Gasteiger partial charge in [0.25, 0.3) is 0 Å². The van der Waals surface area contributed by atoms with Gasteiger partial charge in [0.15, 0.2) is 17.3 Å². The molecule has 9 heteroatoms. The number of pyridine rings is 1. The van der Waals surface area contributed by atoms with E-state index >= 15 is 0 Å². The number of amides is 2. The van der Waals surface area contributed by atoms with Crippen molar-refractivity contribution in [3.05, 3.63) is 71.1 Å². The Bertz CT molecular complexity index is 1090. The van der Waals surface area contributed by atoms with E-state index in [9.17, 15) is 9.18 Å². The van der Waals surface area contributed by atoms with E-state index in [1.807, 2.05) is 6.07 Å². The summed E-state index contributed by atoms with van der Waals surface area (Å²) in [4.78, 5) is 19.9. The molecule has 3 aromatic rings. The molecule has 2 aromatic carbocycles. The van der Waals surface area contributed by atoms with Gasteiger partial charge in [0.2, 0.25) is 0 Å². The van der Waals surface area contributed by atoms with Gasteiger partial charge in [0, 0.05) is 34.8 Å². The Morgan fingerprint density at radius 2 is 1.90 bits per heavy atom. The number of ether oxygens (including phenoxy) is 2. The first-order valence-electron chi connectivity index (χ1n) is 8.93. The van der Waals surface area contributed by atoms with Crippen LogP contribution >= 0.6 is 23.5 Å². The van der Waals surface area contributed by atoms with Gasteiger partial charge in [-0.25, -0.2) is 18.5 Å². The zero-order chi connectivity index (χ0) is 21.3. The van der Waals surface area contributed by atoms with Crippen molar-refractivity contribution in [3.8, 4) is 11.5 Å². The standard InChI is InChI=1S/C21H17ClFN3O3S/c1-28-17-9-8-13(11-18(17)29-2)26-21(27)25(20-19(30-26)7-4-10-24-20)12-14-15(22)5-3-6-16(14)23/h3-11H,12H2,1-2H3. The first-order valence-corrected chi connectivity index (χ1v) is 10.1. The fourth-order valence-electron chi connectivity index (χ4n) is 3.09. The molecule has 2 amide bonds. The number of fused-ring (bicyclic) bond motifs is 1. The molecule has 1 aliphatic heterocycles. The highest BCUT2D eigenvalue weighted by Crippen LogP contribution is 2.43. The molecule has 0 saturated heterocycles. The molecule has 0 radical (unpaired) electrons. The van der Waals surface area contributed by atoms with Gasteiger partial charge in [-0.15, -0.1) is 0 Å². The van der Waals surface area contributed by atoms with Crippen LogP contribution in [0.25, 0.3) is 0 Å². The minimum atomic E-state index is -0.483. The number of hydrogen-bond donors (Lipinski definition) is 0. The predicted octanol–water partition coefficient (Wildman–Crippen LogP) is 5.55. The molecule has 2 heterocycles. The summed E-state index contributed by atoms with van der Waals surface area (Å²) in [7, 11) is 3.07. The molecule has 4 rings (SSSR count). The van der Waals surface area contributed by atoms with E-state index in [0.717, 1.165) is 4.90 Å². The maximum Gasteiger partial charge on any atom is 0.341 e. The van der Waals surface area contributed by atoms with Crippen molar-refractivity contribution in [2.75, 3.05) is 23.4 Å². The Morgan fingerprint density at radius 3 is 2.63 bits per heavy atom. The third-order valence-corrected chi connectivity index (χ3v) is 6.00. The number of methoxy groups -OCH3 is 2. The van der Waals surface area contributed by atoms with Crippen LogP contribution in [0, 0.1) is 5.82 Å². The highest BCUT2D eigenvalue weighted by atomic mass is 35.5. The van der Waals surface area contributed by atoms with Crippen LogP contribution in [0.3, 0.4) is 0 Å². The third-order valence-electron chi connectivity index (χ3n) is 4.58. The number of urea groups is 1. The highest BCUT2D eigenvalue weighted by molar-refractivity contribution is 8.01. The molecular formula is C21H17ClFN3O3S. The van der Waals surface area contributed by atoms with E-state index in [1.165, 1.54) is 40.4 Å². The molecule has 0 N–H and O–H groups in total. The summed E-state index contributed by atoms with van der Waals surface area (Å²) < 4.78 is 26.6. The highest BCUT2D eigenvalue weighted by Gasteiger charge is 2.34. The lowest BCUT2D eigenvalue weighted by molar-refractivity contribution is 0.254. The fourth-order valence-corrected chi connectivity index (χ4v) is 4.29. The number of carbonyl (C=O) groups is 1. The summed E-state index contributed by atoms with van der Waals surface area (Å²) in [5, 5.41) is 0.246. The van der Waals surface area contributed by atoms with Crippen molar-refractivity contribution in [3.63, 3.8) is 0 Å². The molecule has 1 aromatic heterocycles. The van der Waals surface area contributed by atoms with Crippen molar-refractivity contribution >= 4 is 41.1 Å². The molecule has 0 unspecified atom stereocenters. The van der Waals surface area contributed by atoms with Crippen LogP contribution < -0.4 is 18.7 Å². The molecule has 0 fully saturated rings. The Morgan fingerprint density at radius 1 is 1.10 bits per heavy atom. The molecule has 0 aliphatic carbocycles. The molecule has 0 bridgehead atoms. The van der Waals surface area contributed by atoms with E-state index < -0.39 is 5.82 Å². The minimum Gasteiger partial charge on any atom is -0.493 e. The molecule has 1 aliphatic rings. The summed E-state index contributed by atoms with van der Waals surface area (Å²) in [6, 6.07) is 12.9. The number of hydrogen-bond acceptors (Lipinski definition) is 5. The summed E-state index contributed by atoms with van der Waals surface area (Å²) in [5.41, 5.74) is 0.810. The van der Waals surface area contributed by atoms with Crippen LogP contribution in [0.1, 0.15) is 5.56 Å². The number of rotatable bonds is 5. The fraction of sp³-hybridized carbons (Fsp3) is 0.143. The lowest BCUT2D eigenvalue weighted by Crippen LogP contribution is -2.43. The maximum atomic E-state index is 14.4. The van der Waals surface area contributed by atoms with Gasteiger partial charge in [0.1, 0.15) is 5.82 Å². The Labute approximate surface area is 182 Å². The van der Waals surface area contributed by atoms with Gasteiger partial charge >= 0.3 is 6.03 Å². The molecule has 0 saturated carbocycles. The molecule has 154 valence electrons. The van der Waals surface area contributed by atoms with Crippen LogP contribution in [0.2, 0.25) is 5.02 Å². The normalized spacial score (nSPS) is 13.3. The first-order chi connectivity index (χ1) is 14.5. The van der Waals surface area contributed by atoms with Crippen molar-refractivity contribution in [2.24, 2.45) is 0 Å². The quantitative estimate of drug-likeness (QED) is 0.482. The predicted molar refractivity (Wildman–Crippen MR) is 115 cm³/mol. The van der Waals surface area contributed by atoms with Crippen LogP contribution in [0.5, 0.6) is 11.5 Å². The zero-order valence-corrected chi connectivity index (χ0v) is 17.7. The van der Waals surface area contributed by atoms with E-state index in [1.54, 1.807) is 43.6 Å². The molecule has 30 heavy (non-hydrogen) atoms. The Hall–Kier alpha value is -2.97. The third kappa shape index (κ3) is 3.64. The van der Waals surface area contributed by atoms with Gasteiger partial charge in [-0.05, 0) is 36.4 Å². The summed E-state index contributed by atoms with van der Waals surface area (Å²) in [6.07, 6.45) is 1.59. The molecule has 0 atom stereocenters. The summed E-state index contributed by atoms with van der Waals surface area (Å²) >= 11 is 7.43. The second-order valence-electron chi connectivity index (χ2n) is 6.32. The van der Waals surface area contributed by atoms with Crippen LogP contribution in [0.15, 0.2) is 59.6 Å². The SMILES string of the molecule is COc1ccc(N2Sc3cccnc3N(Cc3c(F)cccc3Cl)C2=O)cc1OC. The monoisotopic (exact) mass is 445 g/mol. The number of halogens is 2. The van der Waals surface area contributed by atoms with E-state index in [2.05, 4.69) is 4.98 Å². The lowest BCUT2D eigenvalue weighted by Gasteiger charge is -2.35. The Kier molecular flexibility index (Phi) is 5.69. The van der Waals surface area contributed by atoms with Crippen molar-refractivity contribution in [2.45, 2.75) is 11.4 Å². The maximum absolute atomic E-state index is 14.4. The molecule has 0 spiro atoms. The number of anilines is 2. The second-order valence-corrected chi connectivity index (χ2v) is 7.71. The topological polar surface area (TPSA) is 54.9 Å². The van der Waals surface area contributed by atoms with Crippen molar-refractivity contribution in [1.29, 1.82) is 0 Å². The zero-order valence-electron chi connectivity index (χ0n) is 16.1. The van der Waals surface area contributed by atoms with Gasteiger partial charge < -0.3 is 9.47 Å². The van der Waals surface area contributed by atoms with Gasteiger partial charge in [-0.1, -0.05) is 17.7 Å². The smallest absolute Gasteiger partial charge is 0.341 e. The van der Waals surface area contributed by atoms with Crippen LogP contribution in [0.4, 0.5) is 20.7 Å². The van der Waals surface area contributed by atoms with E-state index in [4.69, 9.17) is 21.1 Å². The van der Waals surface area contributed by atoms with Crippen molar-refractivity contribution in [1.82, 2.24) is 4.98 Å². The van der Waals surface area contributed by atoms with Gasteiger partial charge in [-0.2, -0.15) is 0 Å². The Balaban J connectivity index is 1.77. The number of nitrogens with zero attached hydrogens (tertiary/aromatic N) is 3. The average molecular weight is 446 g/mol. The van der Waals surface area contributed by atoms with Gasteiger partial charge in [-0.3, -0.25) is 4.90 Å². The summed E-state index contributed by atoms with van der Waals surface area (Å²) in [6.45, 7) is -0.0568. The second kappa shape index (κ2) is 8.41. The molecule has 6 nitrogen and oxygen atoms in total. The summed E-state index contributed by atoms with van der Waals surface area (Å²) in [5.74, 6) is 1.00. The molecular weight excluding hydrogens is 429 g/mol. The number of aromatic nitrogens is 1. The van der Waals surface area contributed by atoms with E-state index in [0.29, 0.717) is 23.0 Å².